The molecule has 90 heavy (non-hydrogen) atoms. The summed E-state index contributed by atoms with van der Waals surface area (Å²) in [6, 6.07) is 77.0. The smallest absolute Gasteiger partial charge is 0.338 e. The molecule has 9 aromatic carbocycles. The van der Waals surface area contributed by atoms with Crippen LogP contribution < -0.4 is 15.7 Å². The molecule has 0 atom stereocenters. The first-order valence-electron chi connectivity index (χ1n) is 32.5. The van der Waals surface area contributed by atoms with E-state index in [1.54, 1.807) is 0 Å². The van der Waals surface area contributed by atoms with Crippen molar-refractivity contribution in [3.8, 4) is 33.4 Å². The SMILES string of the molecule is CC(C)[Si](c1cc(C(=O)OCc2ccc(CNCc3ccc(COC(c4ccc(-c5ccc(CS)cc5)cc4)(c4ccc(-c5ccc(CS)cc5)cc4)c4ccc(-c5ccc(CS)cc5)cc4)cc3)cc2)cc([Si](C(C)C)(C(C)C)C(C)C)c1)(C(C)C)C(C)C. The highest BCUT2D eigenvalue weighted by atomic mass is 32.1. The lowest BCUT2D eigenvalue weighted by Gasteiger charge is -2.47. The van der Waals surface area contributed by atoms with Gasteiger partial charge in [0.15, 0.2) is 0 Å². The third-order valence-corrected chi connectivity index (χ3v) is 34.9. The summed E-state index contributed by atoms with van der Waals surface area (Å²) in [6.07, 6.45) is 0. The molecule has 0 radical (unpaired) electrons. The summed E-state index contributed by atoms with van der Waals surface area (Å²) in [6.45, 7) is 31.0. The van der Waals surface area contributed by atoms with Crippen LogP contribution >= 0.6 is 37.9 Å². The van der Waals surface area contributed by atoms with E-state index in [0.29, 0.717) is 75.8 Å². The highest BCUT2D eigenvalue weighted by molar-refractivity contribution is 7.79. The Labute approximate surface area is 558 Å². The van der Waals surface area contributed by atoms with Crippen LogP contribution in [0, 0.1) is 0 Å². The zero-order valence-corrected chi connectivity index (χ0v) is 59.9. The lowest BCUT2D eigenvalue weighted by Crippen LogP contribution is -2.60. The molecule has 9 rings (SSSR count). The number of rotatable bonds is 27. The van der Waals surface area contributed by atoms with Crippen molar-refractivity contribution in [3.63, 3.8) is 0 Å². The Bertz CT molecular complexity index is 3440. The minimum absolute atomic E-state index is 0.223. The Morgan fingerprint density at radius 1 is 0.356 bits per heavy atom. The van der Waals surface area contributed by atoms with E-state index in [-0.39, 0.29) is 12.6 Å². The van der Waals surface area contributed by atoms with E-state index in [0.717, 1.165) is 66.8 Å². The van der Waals surface area contributed by atoms with Crippen LogP contribution in [0.4, 0.5) is 0 Å². The standard InChI is InChI=1S/C81H95NO3S3Si2/c1-55(2)89(56(3)4,57(5)6)78-45-74(46-79(47-78)90(58(7)8,59(9)10)60(11)12)80(83)84-50-63-17-13-61(14-18-63)48-82-49-62-15-19-64(20-16-62)51-85-81(75-39-33-71(34-40-75)68-27-21-65(52-86)22-28-68,76-41-35-72(36-42-76)69-29-23-66(53-87)24-30-69)77-43-37-73(38-44-77)70-31-25-67(54-88)26-32-70/h13-47,55-60,82,86-88H,48-54H2,1-12H3. The topological polar surface area (TPSA) is 47.6 Å². The zero-order valence-electron chi connectivity index (χ0n) is 55.2. The van der Waals surface area contributed by atoms with Crippen molar-refractivity contribution < 1.29 is 14.3 Å². The molecule has 0 bridgehead atoms. The predicted molar refractivity (Wildman–Crippen MR) is 399 cm³/mol. The Kier molecular flexibility index (Phi) is 23.1. The van der Waals surface area contributed by atoms with E-state index in [2.05, 4.69) is 339 Å². The second-order valence-corrected chi connectivity index (χ2v) is 39.4. The van der Waals surface area contributed by atoms with Crippen molar-refractivity contribution in [2.75, 3.05) is 0 Å². The van der Waals surface area contributed by atoms with Gasteiger partial charge in [-0.15, -0.1) is 0 Å². The third kappa shape index (κ3) is 14.7. The number of hydrogen-bond acceptors (Lipinski definition) is 7. The minimum Gasteiger partial charge on any atom is -0.457 e. The lowest BCUT2D eigenvalue weighted by molar-refractivity contribution is 0.000258. The molecule has 0 heterocycles. The second-order valence-electron chi connectivity index (χ2n) is 26.7. The number of benzene rings is 9. The normalized spacial score (nSPS) is 12.3. The van der Waals surface area contributed by atoms with Crippen LogP contribution in [0.2, 0.25) is 33.2 Å². The molecule has 4 nitrogen and oxygen atoms in total. The van der Waals surface area contributed by atoms with Crippen molar-refractivity contribution in [1.82, 2.24) is 5.32 Å². The summed E-state index contributed by atoms with van der Waals surface area (Å²) in [5.74, 6) is 1.87. The van der Waals surface area contributed by atoms with Gasteiger partial charge >= 0.3 is 5.97 Å². The van der Waals surface area contributed by atoms with E-state index in [4.69, 9.17) is 9.47 Å². The maximum Gasteiger partial charge on any atom is 0.338 e. The summed E-state index contributed by atoms with van der Waals surface area (Å²) < 4.78 is 13.8. The van der Waals surface area contributed by atoms with Gasteiger partial charge in [-0.05, 0) is 134 Å². The predicted octanol–water partition coefficient (Wildman–Crippen LogP) is 20.9. The Balaban J connectivity index is 0.928. The molecule has 9 heteroatoms. The van der Waals surface area contributed by atoms with E-state index in [1.807, 2.05) is 0 Å². The lowest BCUT2D eigenvalue weighted by atomic mass is 9.78. The van der Waals surface area contributed by atoms with Gasteiger partial charge in [-0.3, -0.25) is 0 Å². The maximum absolute atomic E-state index is 14.4. The van der Waals surface area contributed by atoms with Gasteiger partial charge in [0.25, 0.3) is 0 Å². The molecule has 9 aromatic rings. The quantitative estimate of drug-likeness (QED) is 0.0179. The molecule has 0 aliphatic rings. The molecular formula is C81H95NO3S3Si2. The summed E-state index contributed by atoms with van der Waals surface area (Å²) in [5.41, 5.74) is 20.8. The average Bonchev–Trinajstić information content (AvgIpc) is 0.776. The van der Waals surface area contributed by atoms with Crippen molar-refractivity contribution >= 4 is 70.4 Å². The molecular weight excluding hydrogens is 1190 g/mol. The molecule has 0 aliphatic heterocycles. The van der Waals surface area contributed by atoms with Crippen LogP contribution in [0.15, 0.2) is 212 Å². The van der Waals surface area contributed by atoms with Crippen LogP contribution in [0.3, 0.4) is 0 Å². The van der Waals surface area contributed by atoms with Crippen LogP contribution in [-0.2, 0) is 58.6 Å². The zero-order chi connectivity index (χ0) is 64.3. The molecule has 468 valence electrons. The minimum atomic E-state index is -2.10. The molecule has 0 saturated carbocycles. The number of carbonyl (C=O) groups is 1. The number of hydrogen-bond donors (Lipinski definition) is 4. The molecule has 0 fully saturated rings. The molecule has 0 aromatic heterocycles. The fraction of sp³-hybridized carbons (Fsp3) is 0.321. The van der Waals surface area contributed by atoms with Gasteiger partial charge in [-0.25, -0.2) is 4.79 Å². The summed E-state index contributed by atoms with van der Waals surface area (Å²) in [7, 11) is -4.20. The van der Waals surface area contributed by atoms with Gasteiger partial charge in [0, 0.05) is 30.3 Å². The summed E-state index contributed by atoms with van der Waals surface area (Å²) >= 11 is 13.5. The molecule has 0 aliphatic carbocycles. The fourth-order valence-corrected chi connectivity index (χ4v) is 29.8. The van der Waals surface area contributed by atoms with Crippen molar-refractivity contribution in [2.24, 2.45) is 0 Å². The number of carbonyl (C=O) groups excluding carboxylic acids is 1. The van der Waals surface area contributed by atoms with Gasteiger partial charge in [0.05, 0.1) is 28.3 Å². The van der Waals surface area contributed by atoms with Gasteiger partial charge in [-0.2, -0.15) is 37.9 Å². The second kappa shape index (κ2) is 30.5. The van der Waals surface area contributed by atoms with Crippen molar-refractivity contribution in [1.29, 1.82) is 0 Å². The van der Waals surface area contributed by atoms with Gasteiger partial charge in [0.1, 0.15) is 12.2 Å². The largest absolute Gasteiger partial charge is 0.457 e. The summed E-state index contributed by atoms with van der Waals surface area (Å²) in [4.78, 5) is 14.4. The number of thiol groups is 3. The van der Waals surface area contributed by atoms with E-state index >= 15 is 0 Å². The summed E-state index contributed by atoms with van der Waals surface area (Å²) in [5, 5.41) is 6.52. The molecule has 0 saturated heterocycles. The Morgan fingerprint density at radius 3 is 0.889 bits per heavy atom. The van der Waals surface area contributed by atoms with Gasteiger partial charge in [0.2, 0.25) is 0 Å². The molecule has 1 N–H and O–H groups in total. The van der Waals surface area contributed by atoms with Crippen LogP contribution in [0.1, 0.15) is 149 Å². The Morgan fingerprint density at radius 2 is 0.611 bits per heavy atom. The number of ether oxygens (including phenoxy) is 2. The van der Waals surface area contributed by atoms with Crippen molar-refractivity contribution in [2.45, 2.75) is 165 Å². The average molecular weight is 1280 g/mol. The fourth-order valence-electron chi connectivity index (χ4n) is 15.4. The molecule has 0 unspecified atom stereocenters. The number of nitrogens with one attached hydrogen (secondary N) is 1. The van der Waals surface area contributed by atoms with E-state index in [1.165, 1.54) is 32.6 Å². The Hall–Kier alpha value is -6.15. The van der Waals surface area contributed by atoms with Gasteiger partial charge < -0.3 is 14.8 Å². The van der Waals surface area contributed by atoms with Crippen LogP contribution in [-0.4, -0.2) is 22.1 Å². The van der Waals surface area contributed by atoms with Crippen LogP contribution in [0.5, 0.6) is 0 Å². The monoisotopic (exact) mass is 1280 g/mol. The van der Waals surface area contributed by atoms with Gasteiger partial charge in [-0.1, -0.05) is 294 Å². The first-order valence-corrected chi connectivity index (χ1v) is 38.9. The molecule has 0 amide bonds. The first-order chi connectivity index (χ1) is 43.3. The van der Waals surface area contributed by atoms with E-state index in [9.17, 15) is 4.79 Å². The first kappa shape index (κ1) is 68.2. The molecule has 0 spiro atoms. The van der Waals surface area contributed by atoms with E-state index < -0.39 is 21.7 Å². The third-order valence-electron chi connectivity index (χ3n) is 19.7. The van der Waals surface area contributed by atoms with Crippen LogP contribution in [0.25, 0.3) is 33.4 Å². The number of esters is 1. The highest BCUT2D eigenvalue weighted by Crippen LogP contribution is 2.46. The highest BCUT2D eigenvalue weighted by Gasteiger charge is 2.49. The van der Waals surface area contributed by atoms with Crippen molar-refractivity contribution in [3.05, 3.63) is 274 Å². The maximum atomic E-state index is 14.4.